The van der Waals surface area contributed by atoms with Gasteiger partial charge in [-0.05, 0) is 42.0 Å². The van der Waals surface area contributed by atoms with Crippen LogP contribution in [0, 0.1) is 11.7 Å². The van der Waals surface area contributed by atoms with Crippen LogP contribution >= 0.6 is 0 Å². The van der Waals surface area contributed by atoms with Gasteiger partial charge in [0.1, 0.15) is 5.82 Å². The molecule has 0 saturated heterocycles. The molecule has 0 heterocycles. The van der Waals surface area contributed by atoms with Gasteiger partial charge in [-0.3, -0.25) is 0 Å². The summed E-state index contributed by atoms with van der Waals surface area (Å²) in [6, 6.07) is 17.2. The SMILES string of the molecule is CC(C)Cc1ccccc1.CCc1ccc(F)cc1. The molecule has 0 radical (unpaired) electrons. The molecule has 0 unspecified atom stereocenters. The molecular weight excluding hydrogens is 235 g/mol. The van der Waals surface area contributed by atoms with Crippen LogP contribution in [0.15, 0.2) is 54.6 Å². The van der Waals surface area contributed by atoms with E-state index in [1.165, 1.54) is 29.7 Å². The lowest BCUT2D eigenvalue weighted by Gasteiger charge is -2.02. The maximum Gasteiger partial charge on any atom is 0.123 e. The first-order chi connectivity index (χ1) is 9.11. The fourth-order valence-corrected chi connectivity index (χ4v) is 1.81. The Morgan fingerprint density at radius 2 is 1.42 bits per heavy atom. The minimum absolute atomic E-state index is 0.160. The van der Waals surface area contributed by atoms with E-state index in [0.29, 0.717) is 0 Å². The number of aryl methyl sites for hydroxylation is 1. The van der Waals surface area contributed by atoms with Crippen molar-refractivity contribution in [3.63, 3.8) is 0 Å². The smallest absolute Gasteiger partial charge is 0.123 e. The maximum atomic E-state index is 12.2. The van der Waals surface area contributed by atoms with Crippen molar-refractivity contribution in [2.24, 2.45) is 5.92 Å². The van der Waals surface area contributed by atoms with Gasteiger partial charge in [0.15, 0.2) is 0 Å². The largest absolute Gasteiger partial charge is 0.207 e. The number of benzene rings is 2. The molecule has 2 aromatic carbocycles. The first-order valence-electron chi connectivity index (χ1n) is 6.90. The Bertz CT molecular complexity index is 443. The van der Waals surface area contributed by atoms with E-state index in [4.69, 9.17) is 0 Å². The summed E-state index contributed by atoms with van der Waals surface area (Å²) in [6.07, 6.45) is 2.17. The van der Waals surface area contributed by atoms with E-state index in [9.17, 15) is 4.39 Å². The number of halogens is 1. The Kier molecular flexibility index (Phi) is 6.88. The van der Waals surface area contributed by atoms with Crippen LogP contribution in [0.4, 0.5) is 4.39 Å². The number of hydrogen-bond donors (Lipinski definition) is 0. The monoisotopic (exact) mass is 258 g/mol. The fraction of sp³-hybridized carbons (Fsp3) is 0.333. The van der Waals surface area contributed by atoms with Crippen molar-refractivity contribution < 1.29 is 4.39 Å². The van der Waals surface area contributed by atoms with Gasteiger partial charge in [-0.2, -0.15) is 0 Å². The van der Waals surface area contributed by atoms with Crippen LogP contribution in [0.25, 0.3) is 0 Å². The molecule has 0 saturated carbocycles. The van der Waals surface area contributed by atoms with Gasteiger partial charge in [0, 0.05) is 0 Å². The van der Waals surface area contributed by atoms with Crippen molar-refractivity contribution in [2.75, 3.05) is 0 Å². The molecule has 0 aromatic heterocycles. The second kappa shape index (κ2) is 8.47. The van der Waals surface area contributed by atoms with E-state index < -0.39 is 0 Å². The topological polar surface area (TPSA) is 0 Å². The quantitative estimate of drug-likeness (QED) is 0.703. The average Bonchev–Trinajstić information content (AvgIpc) is 2.41. The molecule has 0 N–H and O–H groups in total. The van der Waals surface area contributed by atoms with Crippen LogP contribution in [0.1, 0.15) is 31.9 Å². The molecular formula is C18H23F. The zero-order chi connectivity index (χ0) is 14.1. The summed E-state index contributed by atoms with van der Waals surface area (Å²) in [5.41, 5.74) is 2.62. The third kappa shape index (κ3) is 6.76. The molecule has 2 aromatic rings. The second-order valence-corrected chi connectivity index (χ2v) is 5.06. The highest BCUT2D eigenvalue weighted by Gasteiger charge is 1.94. The Morgan fingerprint density at radius 1 is 0.842 bits per heavy atom. The highest BCUT2D eigenvalue weighted by Crippen LogP contribution is 2.06. The summed E-state index contributed by atoms with van der Waals surface area (Å²) in [6.45, 7) is 6.53. The predicted octanol–water partition coefficient (Wildman–Crippen LogP) is 5.27. The average molecular weight is 258 g/mol. The van der Waals surface area contributed by atoms with E-state index >= 15 is 0 Å². The van der Waals surface area contributed by atoms with E-state index in [1.54, 1.807) is 12.1 Å². The summed E-state index contributed by atoms with van der Waals surface area (Å²) in [5.74, 6) is 0.606. The van der Waals surface area contributed by atoms with Crippen molar-refractivity contribution in [1.29, 1.82) is 0 Å². The predicted molar refractivity (Wildman–Crippen MR) is 80.8 cm³/mol. The van der Waals surface area contributed by atoms with Crippen molar-refractivity contribution >= 4 is 0 Å². The lowest BCUT2D eigenvalue weighted by molar-refractivity contribution is 0.627. The summed E-state index contributed by atoms with van der Waals surface area (Å²) in [4.78, 5) is 0. The molecule has 0 aliphatic carbocycles. The molecule has 102 valence electrons. The minimum Gasteiger partial charge on any atom is -0.207 e. The normalized spacial score (nSPS) is 9.95. The van der Waals surface area contributed by atoms with Crippen molar-refractivity contribution in [3.05, 3.63) is 71.5 Å². The number of hydrogen-bond acceptors (Lipinski definition) is 0. The van der Waals surface area contributed by atoms with Gasteiger partial charge in [-0.1, -0.05) is 63.2 Å². The first-order valence-corrected chi connectivity index (χ1v) is 6.90. The van der Waals surface area contributed by atoms with Crippen LogP contribution in [-0.2, 0) is 12.8 Å². The molecule has 0 amide bonds. The van der Waals surface area contributed by atoms with Gasteiger partial charge in [-0.25, -0.2) is 4.39 Å². The Hall–Kier alpha value is -1.63. The first kappa shape index (κ1) is 15.4. The zero-order valence-electron chi connectivity index (χ0n) is 12.1. The molecule has 0 spiro atoms. The lowest BCUT2D eigenvalue weighted by Crippen LogP contribution is -1.92. The Balaban J connectivity index is 0.000000191. The standard InChI is InChI=1S/C10H14.C8H9F/c1-9(2)8-10-6-4-3-5-7-10;1-2-7-3-5-8(9)6-4-7/h3-7,9H,8H2,1-2H3;3-6H,2H2,1H3. The van der Waals surface area contributed by atoms with E-state index in [0.717, 1.165) is 12.3 Å². The van der Waals surface area contributed by atoms with Crippen LogP contribution in [-0.4, -0.2) is 0 Å². The number of rotatable bonds is 3. The fourth-order valence-electron chi connectivity index (χ4n) is 1.81. The Morgan fingerprint density at radius 3 is 1.89 bits per heavy atom. The van der Waals surface area contributed by atoms with Gasteiger partial charge >= 0.3 is 0 Å². The van der Waals surface area contributed by atoms with Gasteiger partial charge in [-0.15, -0.1) is 0 Å². The molecule has 0 aliphatic rings. The molecule has 0 nitrogen and oxygen atoms in total. The van der Waals surface area contributed by atoms with Crippen LogP contribution in [0.3, 0.4) is 0 Å². The van der Waals surface area contributed by atoms with Gasteiger partial charge < -0.3 is 0 Å². The highest BCUT2D eigenvalue weighted by atomic mass is 19.1. The van der Waals surface area contributed by atoms with E-state index in [2.05, 4.69) is 44.2 Å². The zero-order valence-corrected chi connectivity index (χ0v) is 12.1. The summed E-state index contributed by atoms with van der Waals surface area (Å²) < 4.78 is 12.2. The molecule has 0 fully saturated rings. The minimum atomic E-state index is -0.160. The summed E-state index contributed by atoms with van der Waals surface area (Å²) in [5, 5.41) is 0. The third-order valence-electron chi connectivity index (χ3n) is 2.81. The van der Waals surface area contributed by atoms with E-state index in [-0.39, 0.29) is 5.82 Å². The highest BCUT2D eigenvalue weighted by molar-refractivity contribution is 5.15. The molecule has 1 heteroatoms. The summed E-state index contributed by atoms with van der Waals surface area (Å²) in [7, 11) is 0. The molecule has 0 atom stereocenters. The third-order valence-corrected chi connectivity index (χ3v) is 2.81. The Labute approximate surface area is 116 Å². The van der Waals surface area contributed by atoms with Crippen molar-refractivity contribution in [1.82, 2.24) is 0 Å². The van der Waals surface area contributed by atoms with Gasteiger partial charge in [0.05, 0.1) is 0 Å². The molecule has 19 heavy (non-hydrogen) atoms. The lowest BCUT2D eigenvalue weighted by atomic mass is 10.0. The van der Waals surface area contributed by atoms with E-state index in [1.807, 2.05) is 6.92 Å². The second-order valence-electron chi connectivity index (χ2n) is 5.06. The van der Waals surface area contributed by atoms with Gasteiger partial charge in [0.25, 0.3) is 0 Å². The van der Waals surface area contributed by atoms with Crippen LogP contribution in [0.2, 0.25) is 0 Å². The van der Waals surface area contributed by atoms with Gasteiger partial charge in [0.2, 0.25) is 0 Å². The molecule has 2 rings (SSSR count). The molecule has 0 aliphatic heterocycles. The molecule has 0 bridgehead atoms. The van der Waals surface area contributed by atoms with Crippen molar-refractivity contribution in [3.8, 4) is 0 Å². The van der Waals surface area contributed by atoms with Crippen LogP contribution < -0.4 is 0 Å². The maximum absolute atomic E-state index is 12.2. The summed E-state index contributed by atoms with van der Waals surface area (Å²) >= 11 is 0. The van der Waals surface area contributed by atoms with Crippen molar-refractivity contribution in [2.45, 2.75) is 33.6 Å². The van der Waals surface area contributed by atoms with Crippen LogP contribution in [0.5, 0.6) is 0 Å².